The monoisotopic (exact) mass is 259 g/mol. The zero-order chi connectivity index (χ0) is 12.8. The highest BCUT2D eigenvalue weighted by Gasteiger charge is 2.11. The Hall–Kier alpha value is -0.970. The van der Waals surface area contributed by atoms with Crippen LogP contribution in [0.3, 0.4) is 0 Å². The molecule has 0 radical (unpaired) electrons. The van der Waals surface area contributed by atoms with E-state index in [1.54, 1.807) is 26.2 Å². The van der Waals surface area contributed by atoms with Crippen LogP contribution in [-0.4, -0.2) is 24.9 Å². The Labute approximate surface area is 106 Å². The number of hydrogen-bond acceptors (Lipinski definition) is 4. The van der Waals surface area contributed by atoms with Crippen molar-refractivity contribution in [3.8, 4) is 11.5 Å². The molecule has 0 amide bonds. The van der Waals surface area contributed by atoms with Crippen LogP contribution in [0.2, 0.25) is 5.02 Å². The predicted molar refractivity (Wildman–Crippen MR) is 67.7 cm³/mol. The van der Waals surface area contributed by atoms with Crippen LogP contribution in [0.1, 0.15) is 18.9 Å². The largest absolute Gasteiger partial charge is 0.493 e. The van der Waals surface area contributed by atoms with Gasteiger partial charge in [-0.2, -0.15) is 0 Å². The number of rotatable bonds is 6. The Morgan fingerprint density at radius 3 is 2.71 bits per heavy atom. The van der Waals surface area contributed by atoms with E-state index in [9.17, 15) is 0 Å². The zero-order valence-electron chi connectivity index (χ0n) is 10.1. The van der Waals surface area contributed by atoms with Crippen molar-refractivity contribution in [1.29, 1.82) is 0 Å². The number of aliphatic hydroxyl groups is 1. The molecule has 3 N–H and O–H groups in total. The van der Waals surface area contributed by atoms with Crippen LogP contribution >= 0.6 is 11.6 Å². The molecule has 5 heteroatoms. The second kappa shape index (κ2) is 6.69. The van der Waals surface area contributed by atoms with Gasteiger partial charge in [0.25, 0.3) is 0 Å². The minimum absolute atomic E-state index is 0.385. The van der Waals surface area contributed by atoms with Gasteiger partial charge >= 0.3 is 0 Å². The van der Waals surface area contributed by atoms with E-state index in [-0.39, 0.29) is 0 Å². The summed E-state index contributed by atoms with van der Waals surface area (Å²) in [5.74, 6) is 1.05. The van der Waals surface area contributed by atoms with E-state index in [0.29, 0.717) is 36.1 Å². The van der Waals surface area contributed by atoms with Crippen molar-refractivity contribution in [2.75, 3.05) is 13.7 Å². The molecule has 0 spiro atoms. The molecule has 0 aromatic heterocycles. The molecule has 1 aromatic rings. The molecule has 0 saturated carbocycles. The van der Waals surface area contributed by atoms with E-state index in [0.717, 1.165) is 5.56 Å². The van der Waals surface area contributed by atoms with Gasteiger partial charge in [0.05, 0.1) is 24.8 Å². The standard InChI is InChI=1S/C12H18ClNO3/c1-8(15)3-4-17-12-10(13)5-9(7-14)6-11(12)16-2/h5-6,8,15H,3-4,7,14H2,1-2H3. The molecule has 4 nitrogen and oxygen atoms in total. The predicted octanol–water partition coefficient (Wildman–Crippen LogP) is 1.96. The van der Waals surface area contributed by atoms with Crippen LogP contribution in [0.15, 0.2) is 12.1 Å². The second-order valence-corrected chi connectivity index (χ2v) is 4.21. The molecular weight excluding hydrogens is 242 g/mol. The summed E-state index contributed by atoms with van der Waals surface area (Å²) in [4.78, 5) is 0. The van der Waals surface area contributed by atoms with E-state index < -0.39 is 6.10 Å². The van der Waals surface area contributed by atoms with Gasteiger partial charge in [-0.15, -0.1) is 0 Å². The topological polar surface area (TPSA) is 64.7 Å². The summed E-state index contributed by atoms with van der Waals surface area (Å²) in [6, 6.07) is 3.55. The fraction of sp³-hybridized carbons (Fsp3) is 0.500. The molecule has 0 aliphatic rings. The lowest BCUT2D eigenvalue weighted by atomic mass is 10.2. The fourth-order valence-electron chi connectivity index (χ4n) is 1.36. The molecule has 96 valence electrons. The smallest absolute Gasteiger partial charge is 0.179 e. The van der Waals surface area contributed by atoms with Gasteiger partial charge in [0.1, 0.15) is 0 Å². The summed E-state index contributed by atoms with van der Waals surface area (Å²) < 4.78 is 10.7. The Bertz CT molecular complexity index is 369. The molecule has 0 aliphatic heterocycles. The lowest BCUT2D eigenvalue weighted by Gasteiger charge is -2.14. The summed E-state index contributed by atoms with van der Waals surface area (Å²) in [5, 5.41) is 9.62. The zero-order valence-corrected chi connectivity index (χ0v) is 10.8. The van der Waals surface area contributed by atoms with Crippen LogP contribution in [-0.2, 0) is 6.54 Å². The van der Waals surface area contributed by atoms with E-state index in [4.69, 9.17) is 31.9 Å². The second-order valence-electron chi connectivity index (χ2n) is 3.80. The summed E-state index contributed by atoms with van der Waals surface area (Å²) in [6.07, 6.45) is 0.140. The first-order valence-corrected chi connectivity index (χ1v) is 5.83. The maximum Gasteiger partial charge on any atom is 0.179 e. The Morgan fingerprint density at radius 1 is 1.47 bits per heavy atom. The first kappa shape index (κ1) is 14.1. The van der Waals surface area contributed by atoms with Crippen LogP contribution in [0, 0.1) is 0 Å². The molecule has 17 heavy (non-hydrogen) atoms. The normalized spacial score (nSPS) is 12.3. The summed E-state index contributed by atoms with van der Waals surface area (Å²) in [5.41, 5.74) is 6.43. The van der Waals surface area contributed by atoms with Crippen LogP contribution < -0.4 is 15.2 Å². The first-order valence-electron chi connectivity index (χ1n) is 5.45. The van der Waals surface area contributed by atoms with Crippen molar-refractivity contribution in [3.63, 3.8) is 0 Å². The third kappa shape index (κ3) is 4.07. The average Bonchev–Trinajstić information content (AvgIpc) is 2.30. The van der Waals surface area contributed by atoms with Crippen LogP contribution in [0.5, 0.6) is 11.5 Å². The van der Waals surface area contributed by atoms with Gasteiger partial charge in [-0.3, -0.25) is 0 Å². The number of hydrogen-bond donors (Lipinski definition) is 2. The molecule has 0 bridgehead atoms. The Kier molecular flexibility index (Phi) is 5.55. The Balaban J connectivity index is 2.82. The van der Waals surface area contributed by atoms with Gasteiger partial charge < -0.3 is 20.3 Å². The third-order valence-corrected chi connectivity index (χ3v) is 2.59. The van der Waals surface area contributed by atoms with E-state index in [1.165, 1.54) is 0 Å². The molecule has 1 unspecified atom stereocenters. The highest BCUT2D eigenvalue weighted by Crippen LogP contribution is 2.36. The van der Waals surface area contributed by atoms with Gasteiger partial charge in [0.2, 0.25) is 0 Å². The van der Waals surface area contributed by atoms with Crippen molar-refractivity contribution in [3.05, 3.63) is 22.7 Å². The van der Waals surface area contributed by atoms with Crippen LogP contribution in [0.4, 0.5) is 0 Å². The molecule has 1 rings (SSSR count). The van der Waals surface area contributed by atoms with Gasteiger partial charge in [0, 0.05) is 13.0 Å². The number of nitrogens with two attached hydrogens (primary N) is 1. The molecule has 0 heterocycles. The van der Waals surface area contributed by atoms with Crippen molar-refractivity contribution >= 4 is 11.6 Å². The minimum Gasteiger partial charge on any atom is -0.493 e. The number of benzene rings is 1. The molecule has 0 fully saturated rings. The fourth-order valence-corrected chi connectivity index (χ4v) is 1.65. The maximum absolute atomic E-state index is 9.15. The van der Waals surface area contributed by atoms with Crippen molar-refractivity contribution in [1.82, 2.24) is 0 Å². The van der Waals surface area contributed by atoms with Gasteiger partial charge in [-0.1, -0.05) is 11.6 Å². The highest BCUT2D eigenvalue weighted by molar-refractivity contribution is 6.32. The highest BCUT2D eigenvalue weighted by atomic mass is 35.5. The van der Waals surface area contributed by atoms with Crippen molar-refractivity contribution < 1.29 is 14.6 Å². The van der Waals surface area contributed by atoms with E-state index in [2.05, 4.69) is 0 Å². The molecule has 1 aromatic carbocycles. The van der Waals surface area contributed by atoms with Crippen LogP contribution in [0.25, 0.3) is 0 Å². The molecule has 0 aliphatic carbocycles. The summed E-state index contributed by atoms with van der Waals surface area (Å²) >= 11 is 6.08. The average molecular weight is 260 g/mol. The molecule has 1 atom stereocenters. The van der Waals surface area contributed by atoms with Gasteiger partial charge in [-0.05, 0) is 24.6 Å². The number of ether oxygens (including phenoxy) is 2. The lowest BCUT2D eigenvalue weighted by Crippen LogP contribution is -2.08. The minimum atomic E-state index is -0.400. The third-order valence-electron chi connectivity index (χ3n) is 2.31. The SMILES string of the molecule is COc1cc(CN)cc(Cl)c1OCCC(C)O. The maximum atomic E-state index is 9.15. The first-order chi connectivity index (χ1) is 8.08. The Morgan fingerprint density at radius 2 is 2.18 bits per heavy atom. The van der Waals surface area contributed by atoms with Gasteiger partial charge in [-0.25, -0.2) is 0 Å². The molecule has 0 saturated heterocycles. The number of aliphatic hydroxyl groups excluding tert-OH is 1. The van der Waals surface area contributed by atoms with Gasteiger partial charge in [0.15, 0.2) is 11.5 Å². The molecular formula is C12H18ClNO3. The quantitative estimate of drug-likeness (QED) is 0.820. The number of halogens is 1. The van der Waals surface area contributed by atoms with Crippen molar-refractivity contribution in [2.24, 2.45) is 5.73 Å². The van der Waals surface area contributed by atoms with Crippen molar-refractivity contribution in [2.45, 2.75) is 26.0 Å². The number of methoxy groups -OCH3 is 1. The van der Waals surface area contributed by atoms with E-state index >= 15 is 0 Å². The summed E-state index contributed by atoms with van der Waals surface area (Å²) in [7, 11) is 1.55. The summed E-state index contributed by atoms with van der Waals surface area (Å²) in [6.45, 7) is 2.49. The van der Waals surface area contributed by atoms with E-state index in [1.807, 2.05) is 0 Å². The lowest BCUT2D eigenvalue weighted by molar-refractivity contribution is 0.154.